The minimum absolute atomic E-state index is 0.0143. The van der Waals surface area contributed by atoms with Gasteiger partial charge in [-0.3, -0.25) is 9.59 Å². The van der Waals surface area contributed by atoms with Gasteiger partial charge in [0.1, 0.15) is 5.75 Å². The third-order valence-electron chi connectivity index (χ3n) is 4.47. The van der Waals surface area contributed by atoms with Crippen molar-refractivity contribution < 1.29 is 14.3 Å². The SMILES string of the molecule is CCC(=O)[C@@H](NC(=O)[C@@H]1CC1c1cccc(OC)c1)C(C)(C)C. The Bertz CT molecular complexity index is 589. The quantitative estimate of drug-likeness (QED) is 0.876. The highest BCUT2D eigenvalue weighted by Crippen LogP contribution is 2.48. The highest BCUT2D eigenvalue weighted by atomic mass is 16.5. The van der Waals surface area contributed by atoms with Gasteiger partial charge in [-0.25, -0.2) is 0 Å². The average Bonchev–Trinajstić information content (AvgIpc) is 3.31. The second-order valence-electron chi connectivity index (χ2n) is 7.35. The fraction of sp³-hybridized carbons (Fsp3) is 0.579. The van der Waals surface area contributed by atoms with Gasteiger partial charge in [0, 0.05) is 12.3 Å². The summed E-state index contributed by atoms with van der Waals surface area (Å²) >= 11 is 0. The van der Waals surface area contributed by atoms with E-state index in [0.717, 1.165) is 17.7 Å². The van der Waals surface area contributed by atoms with Gasteiger partial charge >= 0.3 is 0 Å². The Kier molecular flexibility index (Phi) is 5.12. The number of hydrogen-bond acceptors (Lipinski definition) is 3. The zero-order valence-corrected chi connectivity index (χ0v) is 14.7. The highest BCUT2D eigenvalue weighted by molar-refractivity contribution is 5.91. The van der Waals surface area contributed by atoms with Crippen molar-refractivity contribution in [1.29, 1.82) is 0 Å². The number of ether oxygens (including phenoxy) is 1. The Morgan fingerprint density at radius 2 is 2.04 bits per heavy atom. The van der Waals surface area contributed by atoms with Gasteiger partial charge < -0.3 is 10.1 Å². The normalized spacial score (nSPS) is 21.4. The molecule has 0 aliphatic heterocycles. The van der Waals surface area contributed by atoms with Crippen LogP contribution in [-0.2, 0) is 9.59 Å². The number of carbonyl (C=O) groups is 2. The van der Waals surface area contributed by atoms with Crippen LogP contribution in [0.1, 0.15) is 52.0 Å². The van der Waals surface area contributed by atoms with Gasteiger partial charge in [-0.1, -0.05) is 39.8 Å². The van der Waals surface area contributed by atoms with Crippen LogP contribution in [0.25, 0.3) is 0 Å². The summed E-state index contributed by atoms with van der Waals surface area (Å²) in [5.74, 6) is 1.06. The molecule has 1 aromatic rings. The lowest BCUT2D eigenvalue weighted by molar-refractivity contribution is -0.130. The third kappa shape index (κ3) is 4.12. The molecule has 126 valence electrons. The van der Waals surface area contributed by atoms with Crippen LogP contribution in [0.2, 0.25) is 0 Å². The number of amides is 1. The summed E-state index contributed by atoms with van der Waals surface area (Å²) in [6.45, 7) is 7.79. The summed E-state index contributed by atoms with van der Waals surface area (Å²) in [6, 6.07) is 7.43. The number of ketones is 1. The van der Waals surface area contributed by atoms with E-state index < -0.39 is 6.04 Å². The van der Waals surface area contributed by atoms with Crippen molar-refractivity contribution in [1.82, 2.24) is 5.32 Å². The van der Waals surface area contributed by atoms with Crippen molar-refractivity contribution in [2.24, 2.45) is 11.3 Å². The number of benzene rings is 1. The molecule has 0 spiro atoms. The molecule has 23 heavy (non-hydrogen) atoms. The van der Waals surface area contributed by atoms with Gasteiger partial charge in [-0.15, -0.1) is 0 Å². The lowest BCUT2D eigenvalue weighted by Crippen LogP contribution is -2.49. The first-order chi connectivity index (χ1) is 10.8. The predicted molar refractivity (Wildman–Crippen MR) is 90.5 cm³/mol. The summed E-state index contributed by atoms with van der Waals surface area (Å²) in [4.78, 5) is 24.7. The predicted octanol–water partition coefficient (Wildman–Crippen LogP) is 3.31. The van der Waals surface area contributed by atoms with Crippen molar-refractivity contribution in [3.05, 3.63) is 29.8 Å². The van der Waals surface area contributed by atoms with Crippen LogP contribution in [0, 0.1) is 11.3 Å². The largest absolute Gasteiger partial charge is 0.497 e. The molecule has 1 saturated carbocycles. The molecule has 0 radical (unpaired) electrons. The van der Waals surface area contributed by atoms with Crippen LogP contribution >= 0.6 is 0 Å². The van der Waals surface area contributed by atoms with Crippen molar-refractivity contribution in [3.63, 3.8) is 0 Å². The van der Waals surface area contributed by atoms with Gasteiger partial charge in [0.2, 0.25) is 5.91 Å². The zero-order valence-electron chi connectivity index (χ0n) is 14.7. The second kappa shape index (κ2) is 6.73. The van der Waals surface area contributed by atoms with Gasteiger partial charge in [0.25, 0.3) is 0 Å². The van der Waals surface area contributed by atoms with E-state index in [9.17, 15) is 9.59 Å². The van der Waals surface area contributed by atoms with E-state index in [4.69, 9.17) is 4.74 Å². The zero-order chi connectivity index (χ0) is 17.2. The van der Waals surface area contributed by atoms with E-state index in [-0.39, 0.29) is 28.9 Å². The van der Waals surface area contributed by atoms with Crippen LogP contribution in [-0.4, -0.2) is 24.8 Å². The monoisotopic (exact) mass is 317 g/mol. The molecule has 0 saturated heterocycles. The molecule has 2 rings (SSSR count). The lowest BCUT2D eigenvalue weighted by Gasteiger charge is -2.30. The molecule has 4 nitrogen and oxygen atoms in total. The Morgan fingerprint density at radius 1 is 1.35 bits per heavy atom. The molecule has 0 aromatic heterocycles. The van der Waals surface area contributed by atoms with Crippen LogP contribution in [0.4, 0.5) is 0 Å². The van der Waals surface area contributed by atoms with Gasteiger partial charge in [-0.2, -0.15) is 0 Å². The summed E-state index contributed by atoms with van der Waals surface area (Å²) in [5, 5.41) is 2.98. The maximum atomic E-state index is 12.5. The molecule has 1 N–H and O–H groups in total. The molecular formula is C19H27NO3. The first-order valence-corrected chi connectivity index (χ1v) is 8.25. The minimum atomic E-state index is -0.424. The first kappa shape index (κ1) is 17.5. The molecule has 1 aromatic carbocycles. The lowest BCUT2D eigenvalue weighted by atomic mass is 9.83. The standard InChI is InChI=1S/C19H27NO3/c1-6-16(21)17(19(2,3)4)20-18(22)15-11-14(15)12-8-7-9-13(10-12)23-5/h7-10,14-15,17H,6,11H2,1-5H3,(H,20,22)/t14?,15-,17-/m1/s1. The van der Waals surface area contributed by atoms with E-state index >= 15 is 0 Å². The topological polar surface area (TPSA) is 55.4 Å². The maximum Gasteiger partial charge on any atom is 0.224 e. The van der Waals surface area contributed by atoms with Crippen LogP contribution in [0.3, 0.4) is 0 Å². The molecular weight excluding hydrogens is 290 g/mol. The van der Waals surface area contributed by atoms with Gasteiger partial charge in [-0.05, 0) is 35.4 Å². The molecule has 0 heterocycles. The summed E-state index contributed by atoms with van der Waals surface area (Å²) in [6.07, 6.45) is 1.27. The highest BCUT2D eigenvalue weighted by Gasteiger charge is 2.45. The molecule has 1 amide bonds. The molecule has 3 atom stereocenters. The second-order valence-corrected chi connectivity index (χ2v) is 7.35. The van der Waals surface area contributed by atoms with E-state index in [1.54, 1.807) is 7.11 Å². The molecule has 4 heteroatoms. The Balaban J connectivity index is 2.03. The van der Waals surface area contributed by atoms with Crippen molar-refractivity contribution in [2.75, 3.05) is 7.11 Å². The molecule has 1 aliphatic rings. The van der Waals surface area contributed by atoms with E-state index in [0.29, 0.717) is 6.42 Å². The summed E-state index contributed by atoms with van der Waals surface area (Å²) < 4.78 is 5.24. The van der Waals surface area contributed by atoms with Crippen molar-refractivity contribution >= 4 is 11.7 Å². The molecule has 1 unspecified atom stereocenters. The molecule has 1 fully saturated rings. The number of hydrogen-bond donors (Lipinski definition) is 1. The van der Waals surface area contributed by atoms with Crippen LogP contribution in [0.5, 0.6) is 5.75 Å². The minimum Gasteiger partial charge on any atom is -0.497 e. The Labute approximate surface area is 138 Å². The van der Waals surface area contributed by atoms with E-state index in [2.05, 4.69) is 5.32 Å². The number of carbonyl (C=O) groups excluding carboxylic acids is 2. The Hall–Kier alpha value is -1.84. The number of rotatable bonds is 6. The Morgan fingerprint density at radius 3 is 2.61 bits per heavy atom. The number of Topliss-reactive ketones (excluding diaryl/α,β-unsaturated/α-hetero) is 1. The smallest absolute Gasteiger partial charge is 0.224 e. The number of nitrogens with one attached hydrogen (secondary N) is 1. The summed E-state index contributed by atoms with van der Waals surface area (Å²) in [5.41, 5.74) is 0.849. The fourth-order valence-corrected chi connectivity index (χ4v) is 2.96. The van der Waals surface area contributed by atoms with Crippen molar-refractivity contribution in [3.8, 4) is 5.75 Å². The van der Waals surface area contributed by atoms with Crippen LogP contribution < -0.4 is 10.1 Å². The number of methoxy groups -OCH3 is 1. The molecule has 1 aliphatic carbocycles. The average molecular weight is 317 g/mol. The molecule has 0 bridgehead atoms. The van der Waals surface area contributed by atoms with Crippen LogP contribution in [0.15, 0.2) is 24.3 Å². The van der Waals surface area contributed by atoms with Gasteiger partial charge in [0.05, 0.1) is 13.2 Å². The first-order valence-electron chi connectivity index (χ1n) is 8.25. The third-order valence-corrected chi connectivity index (χ3v) is 4.47. The van der Waals surface area contributed by atoms with Crippen molar-refractivity contribution in [2.45, 2.75) is 52.5 Å². The van der Waals surface area contributed by atoms with E-state index in [1.165, 1.54) is 0 Å². The summed E-state index contributed by atoms with van der Waals surface area (Å²) in [7, 11) is 1.64. The fourth-order valence-electron chi connectivity index (χ4n) is 2.96. The maximum absolute atomic E-state index is 12.5. The van der Waals surface area contributed by atoms with Gasteiger partial charge in [0.15, 0.2) is 5.78 Å². The van der Waals surface area contributed by atoms with E-state index in [1.807, 2.05) is 52.0 Å².